The van der Waals surface area contributed by atoms with E-state index in [-0.39, 0.29) is 106 Å². The van der Waals surface area contributed by atoms with Gasteiger partial charge in [0.1, 0.15) is 67.1 Å². The Balaban J connectivity index is 0.000000346. The number of carbonyl (C=O) groups is 6. The van der Waals surface area contributed by atoms with Gasteiger partial charge in [-0.15, -0.1) is 0 Å². The van der Waals surface area contributed by atoms with Gasteiger partial charge in [-0.2, -0.15) is 0 Å². The van der Waals surface area contributed by atoms with Crippen molar-refractivity contribution in [1.82, 2.24) is 16.0 Å². The Bertz CT molecular complexity index is 2980. The van der Waals surface area contributed by atoms with Crippen LogP contribution in [0.3, 0.4) is 0 Å². The number of rotatable bonds is 19. The maximum Gasteiger partial charge on any atom is 0.219 e. The summed E-state index contributed by atoms with van der Waals surface area (Å²) >= 11 is 0. The molecule has 0 aromatic heterocycles. The minimum absolute atomic E-state index is 0.0869. The minimum Gasteiger partial charge on any atom is -0.387 e. The van der Waals surface area contributed by atoms with Gasteiger partial charge >= 0.3 is 0 Å². The van der Waals surface area contributed by atoms with E-state index in [0.29, 0.717) is 6.42 Å². The number of amides is 3. The number of aliphatic hydroxyl groups is 6. The van der Waals surface area contributed by atoms with Crippen molar-refractivity contribution in [3.63, 3.8) is 0 Å². The SMILES string of the molecule is CCC1OC(C(C)(C)C)C(NC(C)=O)C(OC2OC(C(=O)S(=P)C(C)(C)C)C(OC(C)(C)C)C(O)C2O)C1C.CCC1OC(C(C)(C)C)C(NC(C)=O)C(OC2OC(C(C)=O)C(OC(C)(C)C)C(O)C2O)C1C.[2H]CCC(=O)C1OC(OC2C(C)C(CC)OC(C(C)(C)C)C2NC(C)=O)C(O)C(O)C1OC(C)(C)C. The number of ether oxygens (including phenoxy) is 12. The summed E-state index contributed by atoms with van der Waals surface area (Å²) in [7, 11) is 2.67. The van der Waals surface area contributed by atoms with Crippen molar-refractivity contribution in [2.45, 2.75) is 434 Å². The number of ketones is 2. The molecule has 6 saturated heterocycles. The summed E-state index contributed by atoms with van der Waals surface area (Å²) in [5.41, 5.74) is -3.10. The highest BCUT2D eigenvalue weighted by Crippen LogP contribution is 2.44. The summed E-state index contributed by atoms with van der Waals surface area (Å²) in [5.74, 6) is -2.00. The van der Waals surface area contributed by atoms with Crippen molar-refractivity contribution in [2.24, 2.45) is 34.0 Å². The Morgan fingerprint density at radius 3 is 0.898 bits per heavy atom. The molecule has 6 aliphatic heterocycles. The van der Waals surface area contributed by atoms with Crippen LogP contribution in [0.1, 0.15) is 249 Å². The first-order valence-corrected chi connectivity index (χ1v) is 41.2. The molecule has 27 nitrogen and oxygen atoms in total. The van der Waals surface area contributed by atoms with Crippen molar-refractivity contribution in [3.05, 3.63) is 0 Å². The summed E-state index contributed by atoms with van der Waals surface area (Å²) in [5, 5.41) is 75.0. The van der Waals surface area contributed by atoms with Gasteiger partial charge in [-0.1, -0.05) is 150 Å². The molecular formula is C79H144N3O24PS. The lowest BCUT2D eigenvalue weighted by molar-refractivity contribution is -0.330. The molecule has 0 aromatic rings. The molecule has 6 heterocycles. The Hall–Kier alpha value is -2.65. The van der Waals surface area contributed by atoms with Gasteiger partial charge in [-0.25, -0.2) is 0 Å². The highest BCUT2D eigenvalue weighted by atomic mass is 32.5. The molecule has 0 saturated carbocycles. The van der Waals surface area contributed by atoms with Crippen LogP contribution in [-0.4, -0.2) is 252 Å². The second kappa shape index (κ2) is 38.9. The average molecular weight is 1580 g/mol. The molecule has 0 radical (unpaired) electrons. The third-order valence-electron chi connectivity index (χ3n) is 20.2. The molecular weight excluding hydrogens is 1440 g/mol. The van der Waals surface area contributed by atoms with E-state index in [1.54, 1.807) is 41.5 Å². The number of nitrogens with one attached hydrogen (secondary N) is 3. The molecule has 9 N–H and O–H groups in total. The zero-order chi connectivity index (χ0) is 84.0. The summed E-state index contributed by atoms with van der Waals surface area (Å²) in [4.78, 5) is 75.6. The first-order chi connectivity index (χ1) is 49.6. The lowest BCUT2D eigenvalue weighted by atomic mass is 9.75. The molecule has 630 valence electrons. The van der Waals surface area contributed by atoms with Crippen LogP contribution in [0.4, 0.5) is 0 Å². The second-order valence-corrected chi connectivity index (χ2v) is 41.0. The van der Waals surface area contributed by atoms with Crippen molar-refractivity contribution in [1.29, 1.82) is 0 Å². The molecule has 31 unspecified atom stereocenters. The smallest absolute Gasteiger partial charge is 0.219 e. The Labute approximate surface area is 651 Å². The molecule has 31 atom stereocenters. The quantitative estimate of drug-likeness (QED) is 0.0560. The summed E-state index contributed by atoms with van der Waals surface area (Å²) in [6, 6.07) is -1.63. The van der Waals surface area contributed by atoms with E-state index in [4.69, 9.17) is 58.2 Å². The topological polar surface area (TPSA) is 371 Å². The lowest BCUT2D eigenvalue weighted by Gasteiger charge is -2.52. The van der Waals surface area contributed by atoms with Gasteiger partial charge < -0.3 is 103 Å². The van der Waals surface area contributed by atoms with Crippen LogP contribution in [0, 0.1) is 34.0 Å². The second-order valence-electron chi connectivity index (χ2n) is 37.5. The standard InChI is InChI=1S/C28H52NO8PS.C26H47NO8.C25H45NO8/c1-13-16-14(2)20(17(29-15(3)30)23(34-16)26(4,5)6)35-25-19(32)18(31)21(37-27(7,8)9)22(36-25)24(33)39(38)28(10,11)12;1-11-15(29)21-22(35-26(8,9)10)18(30)19(31)24(34-21)33-20-13(3)16(12-2)32-23(25(5,6)7)17(20)27-14(4)28;1-11-15-12(2)19(16(26-14(4)28)22(31-15)24(5,6)7)32-23-18(30)17(29)21(34-25(8,9)10)20(33-23)13(3)27/h14,16-23,25,31-32,38H,13H2,1-12H3,(H,29,30);13,16-24,30-31H,11-12H2,1-10H3,(H,27,28);12,15-23,29-30H,11H2,1-10H3,(H,26,28)/i;1D;. The van der Waals surface area contributed by atoms with Gasteiger partial charge in [0.2, 0.25) is 22.8 Å². The van der Waals surface area contributed by atoms with Crippen LogP contribution in [0.25, 0.3) is 0 Å². The fourth-order valence-corrected chi connectivity index (χ4v) is 16.4. The Kier molecular flexibility index (Phi) is 34.5. The van der Waals surface area contributed by atoms with Crippen molar-refractivity contribution >= 4 is 52.5 Å². The van der Waals surface area contributed by atoms with Crippen molar-refractivity contribution < 1.29 is 118 Å². The number of hydrogen-bond acceptors (Lipinski definition) is 24. The van der Waals surface area contributed by atoms with Crippen molar-refractivity contribution in [3.8, 4) is 0 Å². The predicted octanol–water partition coefficient (Wildman–Crippen LogP) is 7.67. The zero-order valence-corrected chi connectivity index (χ0v) is 72.6. The van der Waals surface area contributed by atoms with Crippen LogP contribution in [0.2, 0.25) is 0 Å². The van der Waals surface area contributed by atoms with Crippen LogP contribution in [0.15, 0.2) is 0 Å². The van der Waals surface area contributed by atoms with Crippen LogP contribution in [-0.2, 0) is 95.7 Å². The van der Waals surface area contributed by atoms with E-state index in [9.17, 15) is 59.4 Å². The maximum atomic E-state index is 13.7. The highest BCUT2D eigenvalue weighted by molar-refractivity contribution is 8.27. The average Bonchev–Trinajstić information content (AvgIpc) is 0.770. The number of aliphatic hydroxyl groups excluding tert-OH is 6. The van der Waals surface area contributed by atoms with Crippen LogP contribution < -0.4 is 16.0 Å². The summed E-state index contributed by atoms with van der Waals surface area (Å²) in [6.45, 7) is 57.7. The van der Waals surface area contributed by atoms with Gasteiger partial charge in [0.05, 0.1) is 89.9 Å². The van der Waals surface area contributed by atoms with E-state index in [1.807, 2.05) is 145 Å². The van der Waals surface area contributed by atoms with Gasteiger partial charge in [-0.05, 0) is 105 Å². The highest BCUT2D eigenvalue weighted by Gasteiger charge is 2.59. The van der Waals surface area contributed by atoms with E-state index in [0.717, 1.165) is 12.8 Å². The normalized spacial score (nSPS) is 38.6. The van der Waals surface area contributed by atoms with E-state index < -0.39 is 172 Å². The fraction of sp³-hybridized carbons (Fsp3) is 0.924. The third kappa shape index (κ3) is 25.9. The lowest BCUT2D eigenvalue weighted by Crippen LogP contribution is -2.67. The molecule has 3 amide bonds. The van der Waals surface area contributed by atoms with Crippen LogP contribution in [0.5, 0.6) is 0 Å². The Morgan fingerprint density at radius 1 is 0.407 bits per heavy atom. The number of carbonyl (C=O) groups excluding carboxylic acids is 6. The van der Waals surface area contributed by atoms with E-state index >= 15 is 0 Å². The molecule has 0 bridgehead atoms. The predicted molar refractivity (Wildman–Crippen MR) is 412 cm³/mol. The summed E-state index contributed by atoms with van der Waals surface area (Å²) in [6.07, 6.45) is -20.9. The van der Waals surface area contributed by atoms with Crippen LogP contribution >= 0.6 is 8.02 Å². The molecule has 108 heavy (non-hydrogen) atoms. The molecule has 0 aliphatic carbocycles. The molecule has 0 aromatic carbocycles. The number of hydrogen-bond donors (Lipinski definition) is 9. The van der Waals surface area contributed by atoms with Gasteiger partial charge in [0.25, 0.3) is 0 Å². The monoisotopic (exact) mass is 1580 g/mol. The van der Waals surface area contributed by atoms with Gasteiger partial charge in [0, 0.05) is 51.1 Å². The molecule has 6 aliphatic rings. The van der Waals surface area contributed by atoms with Crippen molar-refractivity contribution in [2.75, 3.05) is 0 Å². The first kappa shape index (κ1) is 95.9. The van der Waals surface area contributed by atoms with Gasteiger partial charge in [-0.3, -0.25) is 28.8 Å². The first-order valence-electron chi connectivity index (χ1n) is 39.4. The maximum absolute atomic E-state index is 13.7. The van der Waals surface area contributed by atoms with E-state index in [1.165, 1.54) is 27.7 Å². The minimum atomic E-state index is -1.50. The fourth-order valence-electron chi connectivity index (χ4n) is 15.0. The molecule has 0 spiro atoms. The Morgan fingerprint density at radius 2 is 0.667 bits per heavy atom. The van der Waals surface area contributed by atoms with Gasteiger partial charge in [0.15, 0.2) is 36.5 Å². The third-order valence-corrected chi connectivity index (χ3v) is 24.5. The largest absolute Gasteiger partial charge is 0.387 e. The molecule has 6 rings (SSSR count). The van der Waals surface area contributed by atoms with E-state index in [2.05, 4.69) is 24.0 Å². The summed E-state index contributed by atoms with van der Waals surface area (Å²) < 4.78 is 81.5. The zero-order valence-electron chi connectivity index (χ0n) is 71.8. The molecule has 29 heteroatoms. The molecule has 6 fully saturated rings. The number of Topliss-reactive ketones (excluding diaryl/α,β-unsaturated/α-hetero) is 2.